The molecule has 4 rings (SSSR count). The summed E-state index contributed by atoms with van der Waals surface area (Å²) in [6.45, 7) is 1.72. The lowest BCUT2D eigenvalue weighted by Crippen LogP contribution is -2.54. The van der Waals surface area contributed by atoms with E-state index in [1.807, 2.05) is 0 Å². The number of nitrogens with one attached hydrogen (secondary N) is 2. The SMILES string of the molecule is O=C1CCC(N2C(=O)c3ccc(C#CC4CNC4)cc3C2=O)C(=O)N1. The molecule has 0 bridgehead atoms. The van der Waals surface area contributed by atoms with Gasteiger partial charge in [0.05, 0.1) is 11.1 Å². The van der Waals surface area contributed by atoms with Crippen LogP contribution in [-0.4, -0.2) is 47.7 Å². The second-order valence-corrected chi connectivity index (χ2v) is 6.33. The molecule has 2 fully saturated rings. The van der Waals surface area contributed by atoms with Crippen LogP contribution in [0.15, 0.2) is 18.2 Å². The van der Waals surface area contributed by atoms with Crippen LogP contribution in [0.2, 0.25) is 0 Å². The fourth-order valence-corrected chi connectivity index (χ4v) is 3.12. The maximum absolute atomic E-state index is 12.7. The van der Waals surface area contributed by atoms with E-state index >= 15 is 0 Å². The van der Waals surface area contributed by atoms with Crippen LogP contribution in [0.4, 0.5) is 0 Å². The van der Waals surface area contributed by atoms with Crippen molar-refractivity contribution >= 4 is 23.6 Å². The normalized spacial score (nSPS) is 22.9. The summed E-state index contributed by atoms with van der Waals surface area (Å²) in [6.07, 6.45) is 0.257. The third-order valence-electron chi connectivity index (χ3n) is 4.64. The van der Waals surface area contributed by atoms with Crippen LogP contribution < -0.4 is 10.6 Å². The Morgan fingerprint density at radius 1 is 1.04 bits per heavy atom. The third kappa shape index (κ3) is 2.61. The summed E-state index contributed by atoms with van der Waals surface area (Å²) in [5.41, 5.74) is 1.19. The van der Waals surface area contributed by atoms with Gasteiger partial charge in [-0.25, -0.2) is 0 Å². The smallest absolute Gasteiger partial charge is 0.262 e. The Labute approximate surface area is 143 Å². The third-order valence-corrected chi connectivity index (χ3v) is 4.64. The Morgan fingerprint density at radius 3 is 2.48 bits per heavy atom. The van der Waals surface area contributed by atoms with Gasteiger partial charge >= 0.3 is 0 Å². The lowest BCUT2D eigenvalue weighted by Gasteiger charge is -2.27. The van der Waals surface area contributed by atoms with Crippen LogP contribution in [0.3, 0.4) is 0 Å². The van der Waals surface area contributed by atoms with Crippen molar-refractivity contribution in [3.05, 3.63) is 34.9 Å². The average molecular weight is 337 g/mol. The van der Waals surface area contributed by atoms with Crippen molar-refractivity contribution in [1.29, 1.82) is 0 Å². The number of hydrogen-bond acceptors (Lipinski definition) is 5. The zero-order valence-corrected chi connectivity index (χ0v) is 13.3. The Balaban J connectivity index is 1.61. The Hall–Kier alpha value is -2.98. The molecule has 3 aliphatic heterocycles. The number of rotatable bonds is 1. The van der Waals surface area contributed by atoms with E-state index in [-0.39, 0.29) is 29.9 Å². The van der Waals surface area contributed by atoms with Crippen molar-refractivity contribution in [2.24, 2.45) is 5.92 Å². The highest BCUT2D eigenvalue weighted by Crippen LogP contribution is 2.28. The molecule has 2 N–H and O–H groups in total. The number of nitrogens with zero attached hydrogens (tertiary/aromatic N) is 1. The molecule has 0 aromatic heterocycles. The second kappa shape index (κ2) is 5.83. The van der Waals surface area contributed by atoms with Crippen molar-refractivity contribution in [3.63, 3.8) is 0 Å². The van der Waals surface area contributed by atoms with E-state index in [1.165, 1.54) is 0 Å². The highest BCUT2D eigenvalue weighted by atomic mass is 16.2. The molecule has 1 unspecified atom stereocenters. The molecule has 7 nitrogen and oxygen atoms in total. The molecule has 7 heteroatoms. The van der Waals surface area contributed by atoms with E-state index in [9.17, 15) is 19.2 Å². The van der Waals surface area contributed by atoms with E-state index in [0.717, 1.165) is 18.0 Å². The van der Waals surface area contributed by atoms with Crippen LogP contribution in [0, 0.1) is 17.8 Å². The predicted octanol–water partition coefficient (Wildman–Crippen LogP) is -0.341. The molecule has 25 heavy (non-hydrogen) atoms. The van der Waals surface area contributed by atoms with Gasteiger partial charge in [-0.3, -0.25) is 29.4 Å². The highest BCUT2D eigenvalue weighted by Gasteiger charge is 2.44. The number of carbonyl (C=O) groups is 4. The Morgan fingerprint density at radius 2 is 1.80 bits per heavy atom. The monoisotopic (exact) mass is 337 g/mol. The van der Waals surface area contributed by atoms with Crippen molar-refractivity contribution in [2.75, 3.05) is 13.1 Å². The van der Waals surface area contributed by atoms with Crippen LogP contribution in [0.5, 0.6) is 0 Å². The molecule has 0 spiro atoms. The summed E-state index contributed by atoms with van der Waals surface area (Å²) < 4.78 is 0. The summed E-state index contributed by atoms with van der Waals surface area (Å²) in [7, 11) is 0. The van der Waals surface area contributed by atoms with Gasteiger partial charge in [0.15, 0.2) is 0 Å². The maximum atomic E-state index is 12.7. The minimum Gasteiger partial charge on any atom is -0.314 e. The minimum absolute atomic E-state index is 0.107. The number of hydrogen-bond donors (Lipinski definition) is 2. The zero-order chi connectivity index (χ0) is 17.6. The van der Waals surface area contributed by atoms with Gasteiger partial charge in [-0.05, 0) is 24.6 Å². The molecule has 3 heterocycles. The number of amides is 4. The van der Waals surface area contributed by atoms with Gasteiger partial charge in [0.25, 0.3) is 11.8 Å². The summed E-state index contributed by atoms with van der Waals surface area (Å²) in [5.74, 6) is 4.44. The van der Waals surface area contributed by atoms with Gasteiger partial charge in [0.1, 0.15) is 6.04 Å². The zero-order valence-electron chi connectivity index (χ0n) is 13.3. The molecular weight excluding hydrogens is 322 g/mol. The van der Waals surface area contributed by atoms with E-state index in [0.29, 0.717) is 11.5 Å². The molecular formula is C18H15N3O4. The Kier molecular flexibility index (Phi) is 3.62. The maximum Gasteiger partial charge on any atom is 0.262 e. The van der Waals surface area contributed by atoms with Crippen LogP contribution in [0.25, 0.3) is 0 Å². The number of carbonyl (C=O) groups excluding carboxylic acids is 4. The summed E-state index contributed by atoms with van der Waals surface area (Å²) >= 11 is 0. The van der Waals surface area contributed by atoms with Gasteiger partial charge in [0, 0.05) is 31.0 Å². The lowest BCUT2D eigenvalue weighted by atomic mass is 10.0. The number of imide groups is 2. The quantitative estimate of drug-likeness (QED) is 0.540. The van der Waals surface area contributed by atoms with E-state index < -0.39 is 23.8 Å². The van der Waals surface area contributed by atoms with Gasteiger partial charge in [-0.2, -0.15) is 0 Å². The van der Waals surface area contributed by atoms with Gasteiger partial charge in [-0.15, -0.1) is 0 Å². The topological polar surface area (TPSA) is 95.6 Å². The fraction of sp³-hybridized carbons (Fsp3) is 0.333. The molecule has 1 atom stereocenters. The first-order valence-corrected chi connectivity index (χ1v) is 8.12. The van der Waals surface area contributed by atoms with E-state index in [1.54, 1.807) is 18.2 Å². The van der Waals surface area contributed by atoms with Crippen molar-refractivity contribution in [2.45, 2.75) is 18.9 Å². The summed E-state index contributed by atoms with van der Waals surface area (Å²) in [6, 6.07) is 3.93. The van der Waals surface area contributed by atoms with Crippen LogP contribution in [-0.2, 0) is 9.59 Å². The largest absolute Gasteiger partial charge is 0.314 e. The molecule has 126 valence electrons. The van der Waals surface area contributed by atoms with Crippen LogP contribution in [0.1, 0.15) is 39.1 Å². The molecule has 1 aromatic carbocycles. The molecule has 2 saturated heterocycles. The molecule has 4 amide bonds. The van der Waals surface area contributed by atoms with Crippen molar-refractivity contribution < 1.29 is 19.2 Å². The number of piperidine rings is 1. The van der Waals surface area contributed by atoms with Gasteiger partial charge < -0.3 is 5.32 Å². The molecule has 0 radical (unpaired) electrons. The average Bonchev–Trinajstić information content (AvgIpc) is 2.78. The van der Waals surface area contributed by atoms with Crippen molar-refractivity contribution in [3.8, 4) is 11.8 Å². The molecule has 1 aromatic rings. The van der Waals surface area contributed by atoms with Crippen molar-refractivity contribution in [1.82, 2.24) is 15.5 Å². The molecule has 0 saturated carbocycles. The minimum atomic E-state index is -0.944. The van der Waals surface area contributed by atoms with E-state index in [2.05, 4.69) is 22.5 Å². The first-order chi connectivity index (χ1) is 12.0. The first-order valence-electron chi connectivity index (χ1n) is 8.12. The molecule has 3 aliphatic rings. The summed E-state index contributed by atoms with van der Waals surface area (Å²) in [4.78, 5) is 49.5. The standard InChI is InChI=1S/C18H15N3O4/c22-15-6-5-14(16(23)20-15)21-17(24)12-4-3-10(7-13(12)18(21)25)1-2-11-8-19-9-11/h3-4,7,11,14,19H,5-6,8-9H2,(H,20,22,23). The fourth-order valence-electron chi connectivity index (χ4n) is 3.12. The summed E-state index contributed by atoms with van der Waals surface area (Å²) in [5, 5.41) is 5.31. The van der Waals surface area contributed by atoms with Crippen LogP contribution >= 0.6 is 0 Å². The lowest BCUT2D eigenvalue weighted by molar-refractivity contribution is -0.136. The second-order valence-electron chi connectivity index (χ2n) is 6.33. The number of benzene rings is 1. The van der Waals surface area contributed by atoms with Gasteiger partial charge in [-0.1, -0.05) is 11.8 Å². The highest BCUT2D eigenvalue weighted by molar-refractivity contribution is 6.23. The molecule has 0 aliphatic carbocycles. The predicted molar refractivity (Wildman–Crippen MR) is 86.4 cm³/mol. The van der Waals surface area contributed by atoms with E-state index in [4.69, 9.17) is 0 Å². The number of fused-ring (bicyclic) bond motifs is 1. The Bertz CT molecular complexity index is 876. The van der Waals surface area contributed by atoms with Gasteiger partial charge in [0.2, 0.25) is 11.8 Å². The first kappa shape index (κ1) is 15.5.